The van der Waals surface area contributed by atoms with Gasteiger partial charge in [-0.3, -0.25) is 4.99 Å². The van der Waals surface area contributed by atoms with Crippen LogP contribution in [0.2, 0.25) is 0 Å². The highest BCUT2D eigenvalue weighted by Crippen LogP contribution is 1.98. The molecule has 0 aromatic carbocycles. The molecule has 1 aromatic rings. The van der Waals surface area contributed by atoms with Crippen LogP contribution < -0.4 is 10.6 Å². The molecule has 0 aliphatic rings. The van der Waals surface area contributed by atoms with Crippen LogP contribution in [0, 0.1) is 0 Å². The van der Waals surface area contributed by atoms with Crippen LogP contribution in [0.1, 0.15) is 12.7 Å². The SMILES string of the molecule is CN=C(NCc1ccco1)NC(C)COC. The van der Waals surface area contributed by atoms with Gasteiger partial charge >= 0.3 is 0 Å². The van der Waals surface area contributed by atoms with Gasteiger partial charge in [0.05, 0.1) is 19.4 Å². The second-order valence-electron chi connectivity index (χ2n) is 3.51. The van der Waals surface area contributed by atoms with E-state index in [1.807, 2.05) is 19.1 Å². The number of guanidine groups is 1. The highest BCUT2D eigenvalue weighted by molar-refractivity contribution is 5.79. The third-order valence-electron chi connectivity index (χ3n) is 2.03. The number of hydrogen-bond acceptors (Lipinski definition) is 3. The molecule has 5 heteroatoms. The van der Waals surface area contributed by atoms with Crippen LogP contribution in [0.15, 0.2) is 27.8 Å². The lowest BCUT2D eigenvalue weighted by molar-refractivity contribution is 0.179. The van der Waals surface area contributed by atoms with E-state index in [0.717, 1.165) is 11.7 Å². The molecule has 1 atom stereocenters. The van der Waals surface area contributed by atoms with E-state index in [9.17, 15) is 0 Å². The zero-order valence-electron chi connectivity index (χ0n) is 9.99. The molecular formula is C11H19N3O2. The van der Waals surface area contributed by atoms with E-state index in [4.69, 9.17) is 9.15 Å². The molecule has 16 heavy (non-hydrogen) atoms. The molecule has 5 nitrogen and oxygen atoms in total. The van der Waals surface area contributed by atoms with Crippen molar-refractivity contribution < 1.29 is 9.15 Å². The van der Waals surface area contributed by atoms with Crippen molar-refractivity contribution in [2.75, 3.05) is 20.8 Å². The largest absolute Gasteiger partial charge is 0.467 e. The number of methoxy groups -OCH3 is 1. The Hall–Kier alpha value is -1.49. The first-order valence-corrected chi connectivity index (χ1v) is 5.24. The maximum Gasteiger partial charge on any atom is 0.191 e. The average molecular weight is 225 g/mol. The normalized spacial score (nSPS) is 13.6. The van der Waals surface area contributed by atoms with Crippen LogP contribution >= 0.6 is 0 Å². The molecule has 0 saturated heterocycles. The minimum Gasteiger partial charge on any atom is -0.467 e. The molecule has 90 valence electrons. The minimum absolute atomic E-state index is 0.216. The molecule has 0 radical (unpaired) electrons. The summed E-state index contributed by atoms with van der Waals surface area (Å²) in [4.78, 5) is 4.11. The Kier molecular flexibility index (Phi) is 5.42. The molecular weight excluding hydrogens is 206 g/mol. The maximum atomic E-state index is 5.21. The van der Waals surface area contributed by atoms with Crippen LogP contribution in [0.25, 0.3) is 0 Å². The monoisotopic (exact) mass is 225 g/mol. The predicted octanol–water partition coefficient (Wildman–Crippen LogP) is 0.979. The second-order valence-corrected chi connectivity index (χ2v) is 3.51. The molecule has 0 aliphatic heterocycles. The van der Waals surface area contributed by atoms with Crippen LogP contribution in [-0.4, -0.2) is 32.8 Å². The summed E-state index contributed by atoms with van der Waals surface area (Å²) >= 11 is 0. The molecule has 0 aliphatic carbocycles. The van der Waals surface area contributed by atoms with Crippen molar-refractivity contribution in [2.24, 2.45) is 4.99 Å². The van der Waals surface area contributed by atoms with E-state index < -0.39 is 0 Å². The van der Waals surface area contributed by atoms with Crippen molar-refractivity contribution in [3.05, 3.63) is 24.2 Å². The first-order chi connectivity index (χ1) is 7.76. The van der Waals surface area contributed by atoms with Gasteiger partial charge in [0, 0.05) is 20.2 Å². The van der Waals surface area contributed by atoms with E-state index in [2.05, 4.69) is 15.6 Å². The number of ether oxygens (including phenoxy) is 1. The fourth-order valence-electron chi connectivity index (χ4n) is 1.30. The first kappa shape index (κ1) is 12.6. The fourth-order valence-corrected chi connectivity index (χ4v) is 1.30. The number of aliphatic imine (C=N–C) groups is 1. The standard InChI is InChI=1S/C11H19N3O2/c1-9(8-15-3)14-11(12-2)13-7-10-5-4-6-16-10/h4-6,9H,7-8H2,1-3H3,(H2,12,13,14). The van der Waals surface area contributed by atoms with E-state index >= 15 is 0 Å². The Bertz CT molecular complexity index is 309. The average Bonchev–Trinajstić information content (AvgIpc) is 2.77. The quantitative estimate of drug-likeness (QED) is 0.579. The summed E-state index contributed by atoms with van der Waals surface area (Å²) in [6, 6.07) is 3.99. The zero-order valence-corrected chi connectivity index (χ0v) is 9.99. The van der Waals surface area contributed by atoms with Crippen LogP contribution in [0.3, 0.4) is 0 Å². The van der Waals surface area contributed by atoms with Crippen molar-refractivity contribution >= 4 is 5.96 Å². The van der Waals surface area contributed by atoms with Gasteiger partial charge in [-0.2, -0.15) is 0 Å². The van der Waals surface area contributed by atoms with Crippen molar-refractivity contribution in [3.63, 3.8) is 0 Å². The molecule has 0 amide bonds. The van der Waals surface area contributed by atoms with E-state index in [1.54, 1.807) is 20.4 Å². The van der Waals surface area contributed by atoms with Gasteiger partial charge in [0.2, 0.25) is 0 Å². The van der Waals surface area contributed by atoms with Gasteiger partial charge in [-0.25, -0.2) is 0 Å². The molecule has 0 spiro atoms. The number of nitrogens with one attached hydrogen (secondary N) is 2. The summed E-state index contributed by atoms with van der Waals surface area (Å²) in [6.45, 7) is 3.29. The van der Waals surface area contributed by atoms with Gasteiger partial charge < -0.3 is 19.8 Å². The highest BCUT2D eigenvalue weighted by atomic mass is 16.5. The molecule has 0 fully saturated rings. The Morgan fingerprint density at radius 2 is 2.44 bits per heavy atom. The summed E-state index contributed by atoms with van der Waals surface area (Å²) < 4.78 is 10.2. The zero-order chi connectivity index (χ0) is 11.8. The Morgan fingerprint density at radius 1 is 1.62 bits per heavy atom. The van der Waals surface area contributed by atoms with Gasteiger partial charge in [0.25, 0.3) is 0 Å². The maximum absolute atomic E-state index is 5.21. The summed E-state index contributed by atoms with van der Waals surface area (Å²) in [5.74, 6) is 1.61. The van der Waals surface area contributed by atoms with Gasteiger partial charge in [0.15, 0.2) is 5.96 Å². The molecule has 1 aromatic heterocycles. The first-order valence-electron chi connectivity index (χ1n) is 5.24. The van der Waals surface area contributed by atoms with Crippen LogP contribution in [0.5, 0.6) is 0 Å². The molecule has 1 unspecified atom stereocenters. The lowest BCUT2D eigenvalue weighted by Crippen LogP contribution is -2.43. The Labute approximate surface area is 95.9 Å². The van der Waals surface area contributed by atoms with Gasteiger partial charge in [0.1, 0.15) is 5.76 Å². The smallest absolute Gasteiger partial charge is 0.191 e. The van der Waals surface area contributed by atoms with Gasteiger partial charge in [-0.1, -0.05) is 0 Å². The summed E-state index contributed by atoms with van der Waals surface area (Å²) in [5.41, 5.74) is 0. The minimum atomic E-state index is 0.216. The highest BCUT2D eigenvalue weighted by Gasteiger charge is 2.04. The summed E-state index contributed by atoms with van der Waals surface area (Å²) in [6.07, 6.45) is 1.65. The van der Waals surface area contributed by atoms with Crippen molar-refractivity contribution in [2.45, 2.75) is 19.5 Å². The molecule has 1 heterocycles. The second kappa shape index (κ2) is 6.90. The summed E-state index contributed by atoms with van der Waals surface area (Å²) in [7, 11) is 3.41. The van der Waals surface area contributed by atoms with E-state index in [0.29, 0.717) is 13.2 Å². The Balaban J connectivity index is 2.32. The van der Waals surface area contributed by atoms with Crippen LogP contribution in [0.4, 0.5) is 0 Å². The lowest BCUT2D eigenvalue weighted by Gasteiger charge is -2.16. The van der Waals surface area contributed by atoms with Crippen LogP contribution in [-0.2, 0) is 11.3 Å². The van der Waals surface area contributed by atoms with E-state index in [-0.39, 0.29) is 6.04 Å². The third-order valence-corrected chi connectivity index (χ3v) is 2.03. The van der Waals surface area contributed by atoms with Crippen molar-refractivity contribution in [1.29, 1.82) is 0 Å². The molecule has 0 saturated carbocycles. The number of rotatable bonds is 5. The molecule has 2 N–H and O–H groups in total. The molecule has 1 rings (SSSR count). The molecule has 0 bridgehead atoms. The van der Waals surface area contributed by atoms with Crippen molar-refractivity contribution in [3.8, 4) is 0 Å². The summed E-state index contributed by atoms with van der Waals surface area (Å²) in [5, 5.41) is 6.35. The fraction of sp³-hybridized carbons (Fsp3) is 0.545. The van der Waals surface area contributed by atoms with Crippen molar-refractivity contribution in [1.82, 2.24) is 10.6 Å². The number of furan rings is 1. The Morgan fingerprint density at radius 3 is 3.00 bits per heavy atom. The van der Waals surface area contributed by atoms with Gasteiger partial charge in [-0.15, -0.1) is 0 Å². The van der Waals surface area contributed by atoms with Gasteiger partial charge in [-0.05, 0) is 19.1 Å². The number of nitrogens with zero attached hydrogens (tertiary/aromatic N) is 1. The predicted molar refractivity (Wildman–Crippen MR) is 63.4 cm³/mol. The topological polar surface area (TPSA) is 58.8 Å². The number of hydrogen-bond donors (Lipinski definition) is 2. The van der Waals surface area contributed by atoms with E-state index in [1.165, 1.54) is 0 Å². The third kappa shape index (κ3) is 4.35. The lowest BCUT2D eigenvalue weighted by atomic mass is 10.4.